The summed E-state index contributed by atoms with van der Waals surface area (Å²) in [7, 11) is 0. The van der Waals surface area contributed by atoms with Crippen LogP contribution in [0.1, 0.15) is 11.3 Å². The molecule has 1 rings (SSSR count). The lowest BCUT2D eigenvalue weighted by molar-refractivity contribution is 1.19. The van der Waals surface area contributed by atoms with Crippen molar-refractivity contribution in [1.82, 2.24) is 4.98 Å². The molecule has 1 heterocycles. The molecule has 0 aliphatic rings. The van der Waals surface area contributed by atoms with E-state index in [1.54, 1.807) is 6.92 Å². The van der Waals surface area contributed by atoms with Crippen LogP contribution in [0.4, 0.5) is 11.5 Å². The van der Waals surface area contributed by atoms with E-state index in [4.69, 9.17) is 17.6 Å². The zero-order valence-corrected chi connectivity index (χ0v) is 6.50. The van der Waals surface area contributed by atoms with Gasteiger partial charge in [-0.1, -0.05) is 0 Å². The number of hydrogen-bond donors (Lipinski definition) is 1. The highest BCUT2D eigenvalue weighted by atomic mass is 14.9. The maximum atomic E-state index is 8.60. The molecule has 12 heavy (non-hydrogen) atoms. The number of anilines is 1. The van der Waals surface area contributed by atoms with Crippen LogP contribution in [0, 0.1) is 24.8 Å². The Morgan fingerprint density at radius 3 is 2.92 bits per heavy atom. The Kier molecular flexibility index (Phi) is 1.94. The number of nitriles is 1. The normalized spacial score (nSPS) is 8.58. The van der Waals surface area contributed by atoms with Crippen molar-refractivity contribution in [2.75, 3.05) is 5.73 Å². The van der Waals surface area contributed by atoms with Crippen LogP contribution in [0.2, 0.25) is 0 Å². The molecule has 0 aliphatic heterocycles. The summed E-state index contributed by atoms with van der Waals surface area (Å²) in [4.78, 5) is 6.99. The van der Waals surface area contributed by atoms with Crippen LogP contribution >= 0.6 is 0 Å². The van der Waals surface area contributed by atoms with E-state index in [-0.39, 0.29) is 11.5 Å². The van der Waals surface area contributed by atoms with Crippen molar-refractivity contribution in [3.05, 3.63) is 28.7 Å². The fraction of sp³-hybridized carbons (Fsp3) is 0.125. The SMILES string of the molecule is [C-]#[N+]c1cc(C#N)c(C)nc1N. The number of rotatable bonds is 0. The van der Waals surface area contributed by atoms with E-state index >= 15 is 0 Å². The van der Waals surface area contributed by atoms with E-state index < -0.39 is 0 Å². The van der Waals surface area contributed by atoms with Gasteiger partial charge in [-0.3, -0.25) is 0 Å². The van der Waals surface area contributed by atoms with E-state index in [0.29, 0.717) is 11.3 Å². The molecule has 4 nitrogen and oxygen atoms in total. The van der Waals surface area contributed by atoms with Crippen molar-refractivity contribution < 1.29 is 0 Å². The van der Waals surface area contributed by atoms with Crippen LogP contribution in [-0.4, -0.2) is 4.98 Å². The van der Waals surface area contributed by atoms with Crippen LogP contribution in [-0.2, 0) is 0 Å². The molecule has 1 aromatic rings. The molecule has 0 bridgehead atoms. The second-order valence-electron chi connectivity index (χ2n) is 2.25. The fourth-order valence-corrected chi connectivity index (χ4v) is 0.816. The van der Waals surface area contributed by atoms with E-state index in [9.17, 15) is 0 Å². The van der Waals surface area contributed by atoms with Gasteiger partial charge in [0.15, 0.2) is 0 Å². The Morgan fingerprint density at radius 1 is 1.75 bits per heavy atom. The van der Waals surface area contributed by atoms with Gasteiger partial charge in [0.05, 0.1) is 23.9 Å². The molecular weight excluding hydrogens is 152 g/mol. The Labute approximate surface area is 70.1 Å². The van der Waals surface area contributed by atoms with E-state index in [0.717, 1.165) is 0 Å². The molecular formula is C8H6N4. The first kappa shape index (κ1) is 8.03. The first-order valence-corrected chi connectivity index (χ1v) is 3.23. The van der Waals surface area contributed by atoms with Gasteiger partial charge in [-0.05, 0) is 13.0 Å². The number of pyridine rings is 1. The van der Waals surface area contributed by atoms with Gasteiger partial charge in [0.25, 0.3) is 0 Å². The lowest BCUT2D eigenvalue weighted by Crippen LogP contribution is -1.94. The number of hydrogen-bond acceptors (Lipinski definition) is 3. The highest BCUT2D eigenvalue weighted by Crippen LogP contribution is 2.22. The van der Waals surface area contributed by atoms with Gasteiger partial charge in [-0.25, -0.2) is 9.83 Å². The molecule has 0 aliphatic carbocycles. The van der Waals surface area contributed by atoms with Crippen molar-refractivity contribution in [1.29, 1.82) is 5.26 Å². The van der Waals surface area contributed by atoms with Crippen molar-refractivity contribution in [2.45, 2.75) is 6.92 Å². The molecule has 0 fully saturated rings. The van der Waals surface area contributed by atoms with E-state index in [2.05, 4.69) is 9.83 Å². The predicted molar refractivity (Wildman–Crippen MR) is 44.4 cm³/mol. The first-order chi connectivity index (χ1) is 5.69. The van der Waals surface area contributed by atoms with Crippen LogP contribution < -0.4 is 5.73 Å². The molecule has 0 atom stereocenters. The number of nitrogens with two attached hydrogens (primary N) is 1. The van der Waals surface area contributed by atoms with Crippen molar-refractivity contribution in [3.8, 4) is 6.07 Å². The molecule has 0 amide bonds. The molecule has 0 saturated heterocycles. The average molecular weight is 158 g/mol. The molecule has 0 spiro atoms. The van der Waals surface area contributed by atoms with Crippen LogP contribution in [0.3, 0.4) is 0 Å². The monoisotopic (exact) mass is 158 g/mol. The van der Waals surface area contributed by atoms with Gasteiger partial charge >= 0.3 is 0 Å². The number of nitrogen functional groups attached to an aromatic ring is 1. The highest BCUT2D eigenvalue weighted by Gasteiger charge is 2.04. The standard InChI is InChI=1S/C8H6N4/c1-5-6(4-9)3-7(11-2)8(10)12-5/h3H,1H3,(H2,10,12). The minimum absolute atomic E-state index is 0.182. The number of nitrogens with zero attached hydrogens (tertiary/aromatic N) is 3. The molecule has 1 aromatic heterocycles. The Bertz CT molecular complexity index is 359. The number of aromatic nitrogens is 1. The topological polar surface area (TPSA) is 67.1 Å². The predicted octanol–water partition coefficient (Wildman–Crippen LogP) is 1.39. The fourth-order valence-electron chi connectivity index (χ4n) is 0.816. The molecule has 0 aromatic carbocycles. The third-order valence-electron chi connectivity index (χ3n) is 1.46. The maximum absolute atomic E-state index is 8.60. The lowest BCUT2D eigenvalue weighted by atomic mass is 10.2. The Morgan fingerprint density at radius 2 is 2.42 bits per heavy atom. The summed E-state index contributed by atoms with van der Waals surface area (Å²) in [5, 5.41) is 8.60. The summed E-state index contributed by atoms with van der Waals surface area (Å²) >= 11 is 0. The van der Waals surface area contributed by atoms with Gasteiger partial charge in [0, 0.05) is 0 Å². The minimum atomic E-state index is 0.182. The van der Waals surface area contributed by atoms with Gasteiger partial charge in [-0.2, -0.15) is 5.26 Å². The molecule has 0 saturated carbocycles. The molecule has 4 heteroatoms. The summed E-state index contributed by atoms with van der Waals surface area (Å²) < 4.78 is 0. The summed E-state index contributed by atoms with van der Waals surface area (Å²) in [6.07, 6.45) is 0. The summed E-state index contributed by atoms with van der Waals surface area (Å²) in [6.45, 7) is 8.41. The zero-order chi connectivity index (χ0) is 9.14. The van der Waals surface area contributed by atoms with Crippen LogP contribution in [0.25, 0.3) is 4.85 Å². The maximum Gasteiger partial charge on any atom is 0.229 e. The zero-order valence-electron chi connectivity index (χ0n) is 6.50. The minimum Gasteiger partial charge on any atom is -0.392 e. The van der Waals surface area contributed by atoms with Crippen LogP contribution in [0.15, 0.2) is 6.07 Å². The van der Waals surface area contributed by atoms with Crippen molar-refractivity contribution in [2.24, 2.45) is 0 Å². The molecule has 0 radical (unpaired) electrons. The summed E-state index contributed by atoms with van der Waals surface area (Å²) in [6, 6.07) is 3.38. The molecule has 0 unspecified atom stereocenters. The average Bonchev–Trinajstić information content (AvgIpc) is 2.05. The molecule has 2 N–H and O–H groups in total. The summed E-state index contributed by atoms with van der Waals surface area (Å²) in [5.74, 6) is 0.182. The highest BCUT2D eigenvalue weighted by molar-refractivity contribution is 5.65. The number of aryl methyl sites for hydroxylation is 1. The van der Waals surface area contributed by atoms with E-state index in [1.807, 2.05) is 6.07 Å². The largest absolute Gasteiger partial charge is 0.392 e. The molecule has 58 valence electrons. The van der Waals surface area contributed by atoms with Gasteiger partial charge in [0.1, 0.15) is 5.82 Å². The van der Waals surface area contributed by atoms with Gasteiger partial charge < -0.3 is 5.73 Å². The van der Waals surface area contributed by atoms with Gasteiger partial charge in [0.2, 0.25) is 5.69 Å². The third kappa shape index (κ3) is 1.18. The van der Waals surface area contributed by atoms with Gasteiger partial charge in [-0.15, -0.1) is 0 Å². The lowest BCUT2D eigenvalue weighted by Gasteiger charge is -1.99. The van der Waals surface area contributed by atoms with E-state index in [1.165, 1.54) is 6.07 Å². The van der Waals surface area contributed by atoms with Crippen LogP contribution in [0.5, 0.6) is 0 Å². The summed E-state index contributed by atoms with van der Waals surface area (Å²) in [5.41, 5.74) is 6.61. The second kappa shape index (κ2) is 2.89. The van der Waals surface area contributed by atoms with Crippen molar-refractivity contribution in [3.63, 3.8) is 0 Å². The first-order valence-electron chi connectivity index (χ1n) is 3.23. The Balaban J connectivity index is 3.42. The Hall–Kier alpha value is -2.07. The quantitative estimate of drug-likeness (QED) is 0.580. The third-order valence-corrected chi connectivity index (χ3v) is 1.46. The smallest absolute Gasteiger partial charge is 0.229 e. The second-order valence-corrected chi connectivity index (χ2v) is 2.25. The van der Waals surface area contributed by atoms with Crippen molar-refractivity contribution >= 4 is 11.5 Å².